The molecule has 6 heteroatoms. The fourth-order valence-electron chi connectivity index (χ4n) is 2.55. The van der Waals surface area contributed by atoms with Gasteiger partial charge in [0.25, 0.3) is 0 Å². The number of piperidine rings is 1. The number of hydrogen-bond acceptors (Lipinski definition) is 4. The summed E-state index contributed by atoms with van der Waals surface area (Å²) in [6.45, 7) is 6.57. The quantitative estimate of drug-likeness (QED) is 0.693. The van der Waals surface area contributed by atoms with Crippen LogP contribution in [0, 0.1) is 11.8 Å². The van der Waals surface area contributed by atoms with E-state index in [2.05, 4.69) is 13.8 Å². The Morgan fingerprint density at radius 2 is 2.05 bits per heavy atom. The minimum Gasteiger partial charge on any atom is -0.369 e. The van der Waals surface area contributed by atoms with E-state index in [1.807, 2.05) is 11.9 Å². The minimum atomic E-state index is -0.302. The molecule has 0 aromatic rings. The largest absolute Gasteiger partial charge is 0.369 e. The van der Waals surface area contributed by atoms with Gasteiger partial charge in [-0.3, -0.25) is 14.5 Å². The van der Waals surface area contributed by atoms with Gasteiger partial charge in [0.1, 0.15) is 0 Å². The predicted molar refractivity (Wildman–Crippen MR) is 83.4 cm³/mol. The van der Waals surface area contributed by atoms with E-state index < -0.39 is 0 Å². The molecule has 0 bridgehead atoms. The summed E-state index contributed by atoms with van der Waals surface area (Å²) < 4.78 is 0. The molecule has 2 unspecified atom stereocenters. The van der Waals surface area contributed by atoms with Crippen molar-refractivity contribution in [2.45, 2.75) is 39.2 Å². The normalized spacial score (nSPS) is 20.9. The lowest BCUT2D eigenvalue weighted by Crippen LogP contribution is -2.47. The van der Waals surface area contributed by atoms with Crippen molar-refractivity contribution in [3.63, 3.8) is 0 Å². The van der Waals surface area contributed by atoms with Crippen molar-refractivity contribution in [3.05, 3.63) is 0 Å². The molecule has 1 aliphatic rings. The zero-order valence-electron chi connectivity index (χ0n) is 13.5. The smallest absolute Gasteiger partial charge is 0.236 e. The van der Waals surface area contributed by atoms with Crippen molar-refractivity contribution < 1.29 is 9.59 Å². The van der Waals surface area contributed by atoms with Gasteiger partial charge < -0.3 is 16.4 Å². The van der Waals surface area contributed by atoms with E-state index in [4.69, 9.17) is 11.5 Å². The Balaban J connectivity index is 2.36. The average Bonchev–Trinajstić information content (AvgIpc) is 2.44. The SMILES string of the molecule is CC(C)C(N)CCN(C)CC(=O)N1CCCC(C(N)=O)C1. The summed E-state index contributed by atoms with van der Waals surface area (Å²) in [6.07, 6.45) is 2.52. The number of likely N-dealkylation sites (N-methyl/N-ethyl adjacent to an activating group) is 1. The number of carbonyl (C=O) groups is 2. The van der Waals surface area contributed by atoms with Crippen LogP contribution in [0.1, 0.15) is 33.1 Å². The number of hydrogen-bond donors (Lipinski definition) is 2. The van der Waals surface area contributed by atoms with Gasteiger partial charge >= 0.3 is 0 Å². The van der Waals surface area contributed by atoms with Crippen LogP contribution in [-0.4, -0.2) is 60.9 Å². The lowest BCUT2D eigenvalue weighted by atomic mass is 9.97. The first-order valence-electron chi connectivity index (χ1n) is 7.82. The predicted octanol–water partition coefficient (Wildman–Crippen LogP) is 0.0155. The second kappa shape index (κ2) is 8.34. The fourth-order valence-corrected chi connectivity index (χ4v) is 2.55. The van der Waals surface area contributed by atoms with E-state index in [1.54, 1.807) is 4.90 Å². The molecular formula is C15H30N4O2. The molecule has 0 radical (unpaired) electrons. The Hall–Kier alpha value is -1.14. The van der Waals surface area contributed by atoms with Gasteiger partial charge in [-0.2, -0.15) is 0 Å². The molecule has 122 valence electrons. The van der Waals surface area contributed by atoms with Gasteiger partial charge in [-0.25, -0.2) is 0 Å². The van der Waals surface area contributed by atoms with E-state index in [-0.39, 0.29) is 23.8 Å². The van der Waals surface area contributed by atoms with E-state index in [1.165, 1.54) is 0 Å². The number of nitrogens with two attached hydrogens (primary N) is 2. The third-order valence-electron chi connectivity index (χ3n) is 4.28. The average molecular weight is 298 g/mol. The molecule has 2 amide bonds. The van der Waals surface area contributed by atoms with Gasteiger partial charge in [-0.1, -0.05) is 13.8 Å². The topological polar surface area (TPSA) is 92.7 Å². The van der Waals surface area contributed by atoms with Crippen LogP contribution in [0.4, 0.5) is 0 Å². The van der Waals surface area contributed by atoms with E-state index in [0.717, 1.165) is 32.4 Å². The van der Waals surface area contributed by atoms with Gasteiger partial charge in [0.05, 0.1) is 12.5 Å². The Labute approximate surface area is 127 Å². The van der Waals surface area contributed by atoms with Crippen molar-refractivity contribution >= 4 is 11.8 Å². The molecule has 0 aromatic carbocycles. The lowest BCUT2D eigenvalue weighted by molar-refractivity contribution is -0.135. The molecular weight excluding hydrogens is 268 g/mol. The van der Waals surface area contributed by atoms with Gasteiger partial charge in [0.15, 0.2) is 0 Å². The summed E-state index contributed by atoms with van der Waals surface area (Å²) in [6, 6.07) is 0.164. The molecule has 1 heterocycles. The Kier molecular flexibility index (Phi) is 7.11. The highest BCUT2D eigenvalue weighted by molar-refractivity contribution is 5.81. The standard InChI is InChI=1S/C15H30N4O2/c1-11(2)13(16)6-8-18(3)10-14(20)19-7-4-5-12(9-19)15(17)21/h11-13H,4-10,16H2,1-3H3,(H2,17,21). The number of likely N-dealkylation sites (tertiary alicyclic amines) is 1. The van der Waals surface area contributed by atoms with Crippen LogP contribution in [0.3, 0.4) is 0 Å². The van der Waals surface area contributed by atoms with Gasteiger partial charge in [-0.15, -0.1) is 0 Å². The van der Waals surface area contributed by atoms with Crippen molar-refractivity contribution in [3.8, 4) is 0 Å². The first kappa shape index (κ1) is 17.9. The summed E-state index contributed by atoms with van der Waals surface area (Å²) >= 11 is 0. The maximum Gasteiger partial charge on any atom is 0.236 e. The van der Waals surface area contributed by atoms with Crippen molar-refractivity contribution in [1.29, 1.82) is 0 Å². The fraction of sp³-hybridized carbons (Fsp3) is 0.867. The summed E-state index contributed by atoms with van der Waals surface area (Å²) in [4.78, 5) is 27.3. The van der Waals surface area contributed by atoms with Crippen LogP contribution in [-0.2, 0) is 9.59 Å². The van der Waals surface area contributed by atoms with Crippen molar-refractivity contribution in [1.82, 2.24) is 9.80 Å². The molecule has 1 aliphatic heterocycles. The summed E-state index contributed by atoms with van der Waals surface area (Å²) in [5, 5.41) is 0. The zero-order valence-corrected chi connectivity index (χ0v) is 13.5. The number of rotatable bonds is 7. The molecule has 1 saturated heterocycles. The monoisotopic (exact) mass is 298 g/mol. The van der Waals surface area contributed by atoms with E-state index in [9.17, 15) is 9.59 Å². The van der Waals surface area contributed by atoms with Crippen LogP contribution in [0.15, 0.2) is 0 Å². The Bertz CT molecular complexity index is 360. The van der Waals surface area contributed by atoms with Crippen LogP contribution in [0.25, 0.3) is 0 Å². The highest BCUT2D eigenvalue weighted by Gasteiger charge is 2.27. The first-order valence-corrected chi connectivity index (χ1v) is 7.82. The molecule has 2 atom stereocenters. The summed E-state index contributed by atoms with van der Waals surface area (Å²) in [7, 11) is 1.93. The minimum absolute atomic E-state index is 0.0709. The molecule has 4 N–H and O–H groups in total. The van der Waals surface area contributed by atoms with Crippen molar-refractivity contribution in [2.75, 3.05) is 33.2 Å². The molecule has 6 nitrogen and oxygen atoms in total. The van der Waals surface area contributed by atoms with Gasteiger partial charge in [-0.05, 0) is 38.8 Å². The summed E-state index contributed by atoms with van der Waals surface area (Å²) in [5.41, 5.74) is 11.4. The Morgan fingerprint density at radius 3 is 2.62 bits per heavy atom. The second-order valence-electron chi connectivity index (χ2n) is 6.52. The molecule has 0 aliphatic carbocycles. The number of nitrogens with zero attached hydrogens (tertiary/aromatic N) is 2. The molecule has 0 saturated carbocycles. The summed E-state index contributed by atoms with van der Waals surface area (Å²) in [5.74, 6) is 0.0280. The van der Waals surface area contributed by atoms with E-state index >= 15 is 0 Å². The third kappa shape index (κ3) is 6.01. The molecule has 1 fully saturated rings. The van der Waals surface area contributed by atoms with E-state index in [0.29, 0.717) is 19.0 Å². The number of primary amides is 1. The van der Waals surface area contributed by atoms with Crippen LogP contribution in [0.2, 0.25) is 0 Å². The molecule has 21 heavy (non-hydrogen) atoms. The molecule has 0 spiro atoms. The van der Waals surface area contributed by atoms with Crippen LogP contribution in [0.5, 0.6) is 0 Å². The lowest BCUT2D eigenvalue weighted by Gasteiger charge is -2.32. The highest BCUT2D eigenvalue weighted by atomic mass is 16.2. The number of amides is 2. The highest BCUT2D eigenvalue weighted by Crippen LogP contribution is 2.16. The maximum absolute atomic E-state index is 12.3. The number of carbonyl (C=O) groups excluding carboxylic acids is 2. The van der Waals surface area contributed by atoms with Gasteiger partial charge in [0.2, 0.25) is 11.8 Å². The van der Waals surface area contributed by atoms with Crippen LogP contribution < -0.4 is 11.5 Å². The van der Waals surface area contributed by atoms with Gasteiger partial charge in [0, 0.05) is 19.1 Å². The third-order valence-corrected chi connectivity index (χ3v) is 4.28. The maximum atomic E-state index is 12.3. The van der Waals surface area contributed by atoms with Crippen LogP contribution >= 0.6 is 0 Å². The zero-order chi connectivity index (χ0) is 16.0. The molecule has 1 rings (SSSR count). The molecule has 0 aromatic heterocycles. The first-order chi connectivity index (χ1) is 9.81. The van der Waals surface area contributed by atoms with Crippen molar-refractivity contribution in [2.24, 2.45) is 23.3 Å². The second-order valence-corrected chi connectivity index (χ2v) is 6.52. The Morgan fingerprint density at radius 1 is 1.38 bits per heavy atom.